The Kier molecular flexibility index (Phi) is 4.30. The van der Waals surface area contributed by atoms with Crippen LogP contribution < -0.4 is 4.74 Å². The fourth-order valence-electron chi connectivity index (χ4n) is 2.87. The second kappa shape index (κ2) is 5.66. The van der Waals surface area contributed by atoms with Gasteiger partial charge in [0.25, 0.3) is 0 Å². The summed E-state index contributed by atoms with van der Waals surface area (Å²) < 4.78 is 10.9. The summed E-state index contributed by atoms with van der Waals surface area (Å²) in [4.78, 5) is 8.34. The van der Waals surface area contributed by atoms with E-state index in [1.54, 1.807) is 19.5 Å². The Hall–Kier alpha value is -1.20. The molecule has 0 saturated heterocycles. The molecule has 0 bridgehead atoms. The molecular weight excluding hydrogens is 256 g/mol. The van der Waals surface area contributed by atoms with Crippen molar-refractivity contribution in [2.45, 2.75) is 51.2 Å². The van der Waals surface area contributed by atoms with Gasteiger partial charge in [-0.1, -0.05) is 13.8 Å². The van der Waals surface area contributed by atoms with E-state index in [1.807, 2.05) is 0 Å². The van der Waals surface area contributed by atoms with Crippen LogP contribution in [0.4, 0.5) is 0 Å². The number of hydrogen-bond acceptors (Lipinski definition) is 5. The highest BCUT2D eigenvalue weighted by atomic mass is 16.5. The highest BCUT2D eigenvalue weighted by Gasteiger charge is 2.46. The van der Waals surface area contributed by atoms with Gasteiger partial charge in [0.1, 0.15) is 11.8 Å². The number of nitrogens with zero attached hydrogens (tertiary/aromatic N) is 2. The molecule has 5 heteroatoms. The van der Waals surface area contributed by atoms with Gasteiger partial charge >= 0.3 is 0 Å². The minimum Gasteiger partial charge on any atom is -0.480 e. The number of hydrogen-bond donors (Lipinski definition) is 1. The largest absolute Gasteiger partial charge is 0.480 e. The summed E-state index contributed by atoms with van der Waals surface area (Å²) in [7, 11) is 3.19. The van der Waals surface area contributed by atoms with Gasteiger partial charge in [0.15, 0.2) is 0 Å². The van der Waals surface area contributed by atoms with Gasteiger partial charge < -0.3 is 14.6 Å². The van der Waals surface area contributed by atoms with Gasteiger partial charge in [-0.15, -0.1) is 0 Å². The van der Waals surface area contributed by atoms with Crippen molar-refractivity contribution in [1.29, 1.82) is 0 Å². The van der Waals surface area contributed by atoms with Crippen LogP contribution in [0.25, 0.3) is 0 Å². The predicted molar refractivity (Wildman–Crippen MR) is 75.5 cm³/mol. The van der Waals surface area contributed by atoms with E-state index in [1.165, 1.54) is 7.11 Å². The highest BCUT2D eigenvalue weighted by Crippen LogP contribution is 2.47. The van der Waals surface area contributed by atoms with Crippen LogP contribution in [-0.2, 0) is 4.74 Å². The molecule has 20 heavy (non-hydrogen) atoms. The summed E-state index contributed by atoms with van der Waals surface area (Å²) in [5, 5.41) is 10.8. The van der Waals surface area contributed by atoms with Crippen LogP contribution in [0, 0.1) is 5.41 Å². The maximum atomic E-state index is 10.8. The third-order valence-corrected chi connectivity index (χ3v) is 4.50. The topological polar surface area (TPSA) is 64.5 Å². The van der Waals surface area contributed by atoms with Crippen molar-refractivity contribution in [2.75, 3.05) is 14.2 Å². The number of methoxy groups -OCH3 is 2. The molecule has 1 unspecified atom stereocenters. The van der Waals surface area contributed by atoms with Crippen LogP contribution in [0.15, 0.2) is 12.4 Å². The van der Waals surface area contributed by atoms with Crippen LogP contribution in [0.3, 0.4) is 0 Å². The van der Waals surface area contributed by atoms with Crippen LogP contribution >= 0.6 is 0 Å². The number of aromatic nitrogens is 2. The minimum atomic E-state index is -0.827. The lowest BCUT2D eigenvalue weighted by Crippen LogP contribution is -2.44. The fraction of sp³-hybridized carbons (Fsp3) is 0.733. The molecule has 112 valence electrons. The van der Waals surface area contributed by atoms with E-state index >= 15 is 0 Å². The van der Waals surface area contributed by atoms with E-state index in [0.29, 0.717) is 17.0 Å². The van der Waals surface area contributed by atoms with Crippen molar-refractivity contribution in [2.24, 2.45) is 5.41 Å². The lowest BCUT2D eigenvalue weighted by Gasteiger charge is -2.44. The first kappa shape index (κ1) is 15.2. The summed E-state index contributed by atoms with van der Waals surface area (Å²) in [5.74, 6) is 0.362. The van der Waals surface area contributed by atoms with Crippen molar-refractivity contribution < 1.29 is 14.6 Å². The average Bonchev–Trinajstić information content (AvgIpc) is 2.47. The molecule has 1 atom stereocenters. The van der Waals surface area contributed by atoms with Crippen molar-refractivity contribution >= 4 is 0 Å². The highest BCUT2D eigenvalue weighted by molar-refractivity contribution is 5.23. The second-order valence-corrected chi connectivity index (χ2v) is 6.29. The molecule has 1 aliphatic rings. The maximum Gasteiger partial charge on any atom is 0.238 e. The molecular formula is C15H24N2O3. The Bertz CT molecular complexity index is 452. The van der Waals surface area contributed by atoms with Crippen molar-refractivity contribution in [3.05, 3.63) is 18.1 Å². The molecule has 0 aliphatic heterocycles. The Labute approximate surface area is 120 Å². The monoisotopic (exact) mass is 280 g/mol. The quantitative estimate of drug-likeness (QED) is 0.918. The van der Waals surface area contributed by atoms with Crippen LogP contribution in [0.5, 0.6) is 5.88 Å². The molecule has 1 N–H and O–H groups in total. The second-order valence-electron chi connectivity index (χ2n) is 6.29. The summed E-state index contributed by atoms with van der Waals surface area (Å²) in [5.41, 5.74) is 0.157. The van der Waals surface area contributed by atoms with E-state index in [9.17, 15) is 5.11 Å². The first-order valence-electron chi connectivity index (χ1n) is 7.02. The zero-order chi connectivity index (χ0) is 14.8. The van der Waals surface area contributed by atoms with Gasteiger partial charge in [-0.2, -0.15) is 0 Å². The van der Waals surface area contributed by atoms with E-state index in [2.05, 4.69) is 23.8 Å². The smallest absolute Gasteiger partial charge is 0.238 e. The number of rotatable bonds is 4. The first-order valence-corrected chi connectivity index (χ1v) is 7.02. The summed E-state index contributed by atoms with van der Waals surface area (Å²) >= 11 is 0. The third kappa shape index (κ3) is 2.79. The average molecular weight is 280 g/mol. The van der Waals surface area contributed by atoms with Crippen molar-refractivity contribution in [1.82, 2.24) is 9.97 Å². The molecule has 0 radical (unpaired) electrons. The van der Waals surface area contributed by atoms with Crippen molar-refractivity contribution in [3.8, 4) is 5.88 Å². The van der Waals surface area contributed by atoms with Crippen LogP contribution in [-0.4, -0.2) is 34.9 Å². The molecule has 1 aromatic heterocycles. The van der Waals surface area contributed by atoms with Gasteiger partial charge in [0, 0.05) is 19.5 Å². The standard InChI is InChI=1S/C15H24N2O3/c1-14(2)5-7-15(20-4,8-6-14)12(18)11-13(19-3)17-10-9-16-11/h9-10,12,18H,5-8H2,1-4H3. The van der Waals surface area contributed by atoms with Gasteiger partial charge in [0.2, 0.25) is 5.88 Å². The molecule has 1 fully saturated rings. The maximum absolute atomic E-state index is 10.8. The van der Waals surface area contributed by atoms with E-state index < -0.39 is 11.7 Å². The normalized spacial score (nSPS) is 22.2. The number of aliphatic hydroxyl groups excluding tert-OH is 1. The van der Waals surface area contributed by atoms with Gasteiger partial charge in [-0.3, -0.25) is 4.98 Å². The van der Waals surface area contributed by atoms with Gasteiger partial charge in [-0.25, -0.2) is 4.98 Å². The minimum absolute atomic E-state index is 0.300. The number of ether oxygens (including phenoxy) is 2. The van der Waals surface area contributed by atoms with E-state index in [-0.39, 0.29) is 0 Å². The lowest BCUT2D eigenvalue weighted by molar-refractivity contribution is -0.140. The van der Waals surface area contributed by atoms with E-state index in [0.717, 1.165) is 25.7 Å². The molecule has 1 saturated carbocycles. The van der Waals surface area contributed by atoms with Gasteiger partial charge in [0.05, 0.1) is 12.7 Å². The molecule has 1 aliphatic carbocycles. The molecule has 1 heterocycles. The fourth-order valence-corrected chi connectivity index (χ4v) is 2.87. The molecule has 0 spiro atoms. The predicted octanol–water partition coefficient (Wildman–Crippen LogP) is 2.50. The number of aliphatic hydroxyl groups is 1. The van der Waals surface area contributed by atoms with Gasteiger partial charge in [-0.05, 0) is 31.1 Å². The summed E-state index contributed by atoms with van der Waals surface area (Å²) in [6.45, 7) is 4.50. The summed E-state index contributed by atoms with van der Waals surface area (Å²) in [6, 6.07) is 0. The van der Waals surface area contributed by atoms with Crippen LogP contribution in [0.1, 0.15) is 51.3 Å². The molecule has 1 aromatic rings. The summed E-state index contributed by atoms with van der Waals surface area (Å²) in [6.07, 6.45) is 5.93. The zero-order valence-corrected chi connectivity index (χ0v) is 12.7. The van der Waals surface area contributed by atoms with Crippen LogP contribution in [0.2, 0.25) is 0 Å². The van der Waals surface area contributed by atoms with Crippen molar-refractivity contribution in [3.63, 3.8) is 0 Å². The zero-order valence-electron chi connectivity index (χ0n) is 12.7. The third-order valence-electron chi connectivity index (χ3n) is 4.50. The Morgan fingerprint density at radius 3 is 2.25 bits per heavy atom. The SMILES string of the molecule is COc1nccnc1C(O)C1(OC)CCC(C)(C)CC1. The Balaban J connectivity index is 2.27. The molecule has 0 amide bonds. The Morgan fingerprint density at radius 1 is 1.10 bits per heavy atom. The molecule has 5 nitrogen and oxygen atoms in total. The van der Waals surface area contributed by atoms with E-state index in [4.69, 9.17) is 9.47 Å². The lowest BCUT2D eigenvalue weighted by atomic mass is 9.68. The Morgan fingerprint density at radius 2 is 1.70 bits per heavy atom. The molecule has 2 rings (SSSR count). The molecule has 0 aromatic carbocycles. The first-order chi connectivity index (χ1) is 9.44.